The Bertz CT molecular complexity index is 769. The predicted molar refractivity (Wildman–Crippen MR) is 104 cm³/mol. The molecule has 1 aliphatic carbocycles. The molecule has 0 spiro atoms. The van der Waals surface area contributed by atoms with Crippen molar-refractivity contribution in [1.29, 1.82) is 0 Å². The molecule has 0 saturated heterocycles. The number of amides is 2. The van der Waals surface area contributed by atoms with Crippen molar-refractivity contribution < 1.29 is 9.59 Å². The summed E-state index contributed by atoms with van der Waals surface area (Å²) >= 11 is 0. The molecule has 0 unspecified atom stereocenters. The van der Waals surface area contributed by atoms with Crippen molar-refractivity contribution >= 4 is 17.5 Å². The highest BCUT2D eigenvalue weighted by molar-refractivity contribution is 5.99. The summed E-state index contributed by atoms with van der Waals surface area (Å²) < 4.78 is 0. The van der Waals surface area contributed by atoms with Crippen LogP contribution in [0.2, 0.25) is 0 Å². The fraction of sp³-hybridized carbons (Fsp3) is 0.364. The number of carbonyl (C=O) groups excluding carboxylic acids is 2. The van der Waals surface area contributed by atoms with Gasteiger partial charge in [0, 0.05) is 17.3 Å². The first-order valence-electron chi connectivity index (χ1n) is 9.35. The topological polar surface area (TPSA) is 58.2 Å². The Morgan fingerprint density at radius 3 is 2.46 bits per heavy atom. The normalized spacial score (nSPS) is 15.8. The first kappa shape index (κ1) is 18.2. The number of hydrogen-bond acceptors (Lipinski definition) is 2. The van der Waals surface area contributed by atoms with Crippen molar-refractivity contribution in [3.05, 3.63) is 65.7 Å². The average molecular weight is 350 g/mol. The van der Waals surface area contributed by atoms with Gasteiger partial charge in [-0.2, -0.15) is 0 Å². The van der Waals surface area contributed by atoms with Crippen LogP contribution >= 0.6 is 0 Å². The number of carbonyl (C=O) groups is 2. The summed E-state index contributed by atoms with van der Waals surface area (Å²) in [4.78, 5) is 25.2. The van der Waals surface area contributed by atoms with Gasteiger partial charge in [-0.3, -0.25) is 9.59 Å². The highest BCUT2D eigenvalue weighted by Crippen LogP contribution is 2.28. The maximum atomic E-state index is 13.0. The number of nitrogens with one attached hydrogen (secondary N) is 2. The minimum absolute atomic E-state index is 0.0368. The Balaban J connectivity index is 1.75. The summed E-state index contributed by atoms with van der Waals surface area (Å²) in [5, 5.41) is 5.98. The van der Waals surface area contributed by atoms with Gasteiger partial charge in [-0.25, -0.2) is 0 Å². The summed E-state index contributed by atoms with van der Waals surface area (Å²) in [7, 11) is 0. The second kappa shape index (κ2) is 8.17. The van der Waals surface area contributed by atoms with Crippen LogP contribution < -0.4 is 10.6 Å². The minimum Gasteiger partial charge on any atom is -0.349 e. The molecule has 2 amide bonds. The van der Waals surface area contributed by atoms with Crippen LogP contribution in [-0.4, -0.2) is 17.9 Å². The largest absolute Gasteiger partial charge is 0.349 e. The van der Waals surface area contributed by atoms with E-state index in [2.05, 4.69) is 24.5 Å². The summed E-state index contributed by atoms with van der Waals surface area (Å²) in [6.07, 6.45) is 3.02. The first-order chi connectivity index (χ1) is 12.6. The lowest BCUT2D eigenvalue weighted by Gasteiger charge is -2.23. The molecule has 0 bridgehead atoms. The van der Waals surface area contributed by atoms with Crippen LogP contribution in [0.3, 0.4) is 0 Å². The molecule has 1 aliphatic rings. The lowest BCUT2D eigenvalue weighted by molar-refractivity contribution is -0.118. The summed E-state index contributed by atoms with van der Waals surface area (Å²) in [6.45, 7) is 4.19. The van der Waals surface area contributed by atoms with Gasteiger partial charge in [-0.15, -0.1) is 0 Å². The van der Waals surface area contributed by atoms with E-state index in [-0.39, 0.29) is 23.7 Å². The Hall–Kier alpha value is -2.62. The molecular formula is C22H26N2O2. The molecule has 3 rings (SSSR count). The van der Waals surface area contributed by atoms with Gasteiger partial charge < -0.3 is 10.6 Å². The molecular weight excluding hydrogens is 324 g/mol. The van der Waals surface area contributed by atoms with Crippen molar-refractivity contribution in [2.45, 2.75) is 45.1 Å². The van der Waals surface area contributed by atoms with E-state index < -0.39 is 0 Å². The maximum absolute atomic E-state index is 13.0. The van der Waals surface area contributed by atoms with Crippen LogP contribution in [0.4, 0.5) is 5.69 Å². The average Bonchev–Trinajstić information content (AvgIpc) is 3.47. The van der Waals surface area contributed by atoms with Gasteiger partial charge in [0.15, 0.2) is 0 Å². The number of benzene rings is 2. The van der Waals surface area contributed by atoms with Gasteiger partial charge in [0.2, 0.25) is 5.91 Å². The zero-order valence-electron chi connectivity index (χ0n) is 15.4. The molecule has 0 aliphatic heterocycles. The number of rotatable bonds is 7. The lowest BCUT2D eigenvalue weighted by atomic mass is 9.85. The van der Waals surface area contributed by atoms with E-state index in [1.807, 2.05) is 36.4 Å². The van der Waals surface area contributed by atoms with E-state index in [0.717, 1.165) is 24.8 Å². The molecule has 0 radical (unpaired) electrons. The second-order valence-corrected chi connectivity index (χ2v) is 7.09. The molecule has 0 heterocycles. The van der Waals surface area contributed by atoms with E-state index in [4.69, 9.17) is 0 Å². The quantitative estimate of drug-likeness (QED) is 0.780. The van der Waals surface area contributed by atoms with Crippen molar-refractivity contribution in [3.8, 4) is 0 Å². The van der Waals surface area contributed by atoms with Crippen LogP contribution in [0.25, 0.3) is 0 Å². The first-order valence-corrected chi connectivity index (χ1v) is 9.35. The van der Waals surface area contributed by atoms with Crippen molar-refractivity contribution in [2.75, 3.05) is 5.32 Å². The number of hydrogen-bond donors (Lipinski definition) is 2. The molecule has 2 aromatic carbocycles. The van der Waals surface area contributed by atoms with E-state index in [1.165, 1.54) is 0 Å². The van der Waals surface area contributed by atoms with Crippen LogP contribution in [0.1, 0.15) is 54.9 Å². The van der Waals surface area contributed by atoms with Gasteiger partial charge in [-0.05, 0) is 42.5 Å². The van der Waals surface area contributed by atoms with Crippen molar-refractivity contribution in [2.24, 2.45) is 5.92 Å². The molecule has 2 N–H and O–H groups in total. The molecule has 1 fully saturated rings. The van der Waals surface area contributed by atoms with Gasteiger partial charge in [-0.1, -0.05) is 56.7 Å². The standard InChI is InChI=1S/C22H26N2O2/c1-3-15(2)20(16-8-5-4-6-9-16)22(26)24-19-11-7-10-17(14-19)21(25)23-18-12-13-18/h4-11,14-15,18,20H,3,12-13H2,1-2H3,(H,23,25)(H,24,26)/t15-,20+/m1/s1. The van der Waals surface area contributed by atoms with E-state index in [9.17, 15) is 9.59 Å². The maximum Gasteiger partial charge on any atom is 0.251 e. The fourth-order valence-electron chi connectivity index (χ4n) is 3.09. The smallest absolute Gasteiger partial charge is 0.251 e. The van der Waals surface area contributed by atoms with Gasteiger partial charge in [0.1, 0.15) is 0 Å². The molecule has 4 heteroatoms. The molecule has 2 atom stereocenters. The van der Waals surface area contributed by atoms with Gasteiger partial charge in [0.25, 0.3) is 5.91 Å². The summed E-state index contributed by atoms with van der Waals surface area (Å²) in [6, 6.07) is 17.3. The van der Waals surface area contributed by atoms with E-state index in [0.29, 0.717) is 17.3 Å². The highest BCUT2D eigenvalue weighted by atomic mass is 16.2. The van der Waals surface area contributed by atoms with Crippen molar-refractivity contribution in [1.82, 2.24) is 5.32 Å². The Morgan fingerprint density at radius 1 is 1.08 bits per heavy atom. The third-order valence-corrected chi connectivity index (χ3v) is 4.96. The summed E-state index contributed by atoms with van der Waals surface area (Å²) in [5.41, 5.74) is 2.25. The molecule has 4 nitrogen and oxygen atoms in total. The monoisotopic (exact) mass is 350 g/mol. The Morgan fingerprint density at radius 2 is 1.81 bits per heavy atom. The molecule has 0 aromatic heterocycles. The molecule has 1 saturated carbocycles. The lowest BCUT2D eigenvalue weighted by Crippen LogP contribution is -2.27. The SMILES string of the molecule is CC[C@@H](C)[C@H](C(=O)Nc1cccc(C(=O)NC2CC2)c1)c1ccccc1. The highest BCUT2D eigenvalue weighted by Gasteiger charge is 2.26. The van der Waals surface area contributed by atoms with E-state index >= 15 is 0 Å². The van der Waals surface area contributed by atoms with Crippen LogP contribution in [0, 0.1) is 5.92 Å². The zero-order valence-corrected chi connectivity index (χ0v) is 15.4. The molecule has 2 aromatic rings. The fourth-order valence-corrected chi connectivity index (χ4v) is 3.09. The third-order valence-electron chi connectivity index (χ3n) is 4.96. The minimum atomic E-state index is -0.217. The van der Waals surface area contributed by atoms with Crippen molar-refractivity contribution in [3.63, 3.8) is 0 Å². The second-order valence-electron chi connectivity index (χ2n) is 7.09. The Kier molecular flexibility index (Phi) is 5.71. The summed E-state index contributed by atoms with van der Waals surface area (Å²) in [5.74, 6) is -0.112. The van der Waals surface area contributed by atoms with E-state index in [1.54, 1.807) is 18.2 Å². The van der Waals surface area contributed by atoms with Crippen LogP contribution in [-0.2, 0) is 4.79 Å². The van der Waals surface area contributed by atoms with Crippen LogP contribution in [0.5, 0.6) is 0 Å². The number of anilines is 1. The van der Waals surface area contributed by atoms with Gasteiger partial charge >= 0.3 is 0 Å². The third kappa shape index (κ3) is 4.51. The molecule has 136 valence electrons. The predicted octanol–water partition coefficient (Wildman–Crippen LogP) is 4.35. The van der Waals surface area contributed by atoms with Gasteiger partial charge in [0.05, 0.1) is 5.92 Å². The zero-order chi connectivity index (χ0) is 18.5. The van der Waals surface area contributed by atoms with Crippen LogP contribution in [0.15, 0.2) is 54.6 Å². The Labute approximate surface area is 155 Å². The molecule has 26 heavy (non-hydrogen) atoms.